The van der Waals surface area contributed by atoms with E-state index in [1.807, 2.05) is 48.2 Å². The van der Waals surface area contributed by atoms with E-state index in [2.05, 4.69) is 32.9 Å². The summed E-state index contributed by atoms with van der Waals surface area (Å²) < 4.78 is 1.71. The van der Waals surface area contributed by atoms with Gasteiger partial charge in [0.25, 0.3) is 5.56 Å². The third-order valence-electron chi connectivity index (χ3n) is 6.81. The molecule has 5 heteroatoms. The topological polar surface area (TPSA) is 55.2 Å². The van der Waals surface area contributed by atoms with Crippen molar-refractivity contribution in [3.8, 4) is 5.69 Å². The second-order valence-corrected chi connectivity index (χ2v) is 9.43. The summed E-state index contributed by atoms with van der Waals surface area (Å²) in [6, 6.07) is 15.3. The Hall–Kier alpha value is -2.95. The molecule has 0 aliphatic heterocycles. The Bertz CT molecular complexity index is 1150. The Balaban J connectivity index is 2.08. The summed E-state index contributed by atoms with van der Waals surface area (Å²) >= 11 is 0. The van der Waals surface area contributed by atoms with Crippen molar-refractivity contribution < 1.29 is 4.79 Å². The highest BCUT2D eigenvalue weighted by molar-refractivity contribution is 5.79. The Morgan fingerprint density at radius 3 is 2.29 bits per heavy atom. The molecule has 0 aliphatic carbocycles. The monoisotopic (exact) mass is 475 g/mol. The zero-order valence-electron chi connectivity index (χ0n) is 21.9. The van der Waals surface area contributed by atoms with Gasteiger partial charge < -0.3 is 4.90 Å². The van der Waals surface area contributed by atoms with Crippen molar-refractivity contribution in [3.05, 3.63) is 70.3 Å². The second kappa shape index (κ2) is 13.2. The van der Waals surface area contributed by atoms with Crippen LogP contribution >= 0.6 is 0 Å². The first-order valence-electron chi connectivity index (χ1n) is 13.4. The molecule has 0 saturated heterocycles. The number of nitrogens with zero attached hydrogens (tertiary/aromatic N) is 3. The summed E-state index contributed by atoms with van der Waals surface area (Å²) in [6.07, 6.45) is 8.87. The number of benzene rings is 2. The molecule has 0 N–H and O–H groups in total. The minimum absolute atomic E-state index is 0.0916. The van der Waals surface area contributed by atoms with Crippen LogP contribution in [0.4, 0.5) is 0 Å². The summed E-state index contributed by atoms with van der Waals surface area (Å²) in [7, 11) is 0. The molecular weight excluding hydrogens is 434 g/mol. The summed E-state index contributed by atoms with van der Waals surface area (Å²) in [5, 5.41) is 0.590. The Morgan fingerprint density at radius 1 is 0.914 bits per heavy atom. The van der Waals surface area contributed by atoms with E-state index in [1.165, 1.54) is 5.56 Å². The quantitative estimate of drug-likeness (QED) is 0.250. The molecule has 0 spiro atoms. The number of aryl methyl sites for hydroxylation is 1. The van der Waals surface area contributed by atoms with Gasteiger partial charge in [-0.15, -0.1) is 0 Å². The number of hydrogen-bond acceptors (Lipinski definition) is 3. The number of unbranched alkanes of at least 4 members (excludes halogenated alkanes) is 5. The van der Waals surface area contributed by atoms with Crippen LogP contribution in [0.1, 0.15) is 96.5 Å². The molecule has 0 radical (unpaired) electrons. The van der Waals surface area contributed by atoms with Crippen molar-refractivity contribution in [2.24, 2.45) is 0 Å². The van der Waals surface area contributed by atoms with Gasteiger partial charge in [0.1, 0.15) is 5.82 Å². The van der Waals surface area contributed by atoms with Gasteiger partial charge in [-0.3, -0.25) is 14.2 Å². The SMILES string of the molecule is CCCCCCN(C(=O)CCCCC)C(C)c1nc2ccccc2c(=O)n1-c1ccc(CC)cc1. The van der Waals surface area contributed by atoms with Crippen LogP contribution in [0.15, 0.2) is 53.3 Å². The number of rotatable bonds is 13. The van der Waals surface area contributed by atoms with Gasteiger partial charge in [0.15, 0.2) is 0 Å². The zero-order valence-corrected chi connectivity index (χ0v) is 21.9. The largest absolute Gasteiger partial charge is 0.333 e. The van der Waals surface area contributed by atoms with E-state index in [0.29, 0.717) is 29.7 Å². The highest BCUT2D eigenvalue weighted by atomic mass is 16.2. The number of carbonyl (C=O) groups is 1. The van der Waals surface area contributed by atoms with Crippen molar-refractivity contribution in [1.29, 1.82) is 0 Å². The van der Waals surface area contributed by atoms with Gasteiger partial charge in [-0.1, -0.05) is 77.1 Å². The standard InChI is InChI=1S/C30H41N3O2/c1-5-8-10-14-22-32(28(34)17-11-9-6-2)23(4)29-31-27-16-13-12-15-26(27)30(35)33(29)25-20-18-24(7-3)19-21-25/h12-13,15-16,18-21,23H,5-11,14,17,22H2,1-4H3. The Kier molecular flexibility index (Phi) is 10.1. The van der Waals surface area contributed by atoms with E-state index in [9.17, 15) is 9.59 Å². The van der Waals surface area contributed by atoms with Gasteiger partial charge in [0, 0.05) is 13.0 Å². The average molecular weight is 476 g/mol. The number of hydrogen-bond donors (Lipinski definition) is 0. The maximum atomic E-state index is 13.7. The predicted molar refractivity (Wildman–Crippen MR) is 145 cm³/mol. The maximum absolute atomic E-state index is 13.7. The van der Waals surface area contributed by atoms with Crippen molar-refractivity contribution >= 4 is 16.8 Å². The van der Waals surface area contributed by atoms with E-state index >= 15 is 0 Å². The normalized spacial score (nSPS) is 12.1. The maximum Gasteiger partial charge on any atom is 0.266 e. The van der Waals surface area contributed by atoms with Gasteiger partial charge in [-0.05, 0) is 56.0 Å². The first-order valence-corrected chi connectivity index (χ1v) is 13.4. The summed E-state index contributed by atoms with van der Waals surface area (Å²) in [6.45, 7) is 9.16. The highest BCUT2D eigenvalue weighted by Crippen LogP contribution is 2.25. The van der Waals surface area contributed by atoms with Crippen LogP contribution in [0.5, 0.6) is 0 Å². The number of fused-ring (bicyclic) bond motifs is 1. The molecule has 1 heterocycles. The van der Waals surface area contributed by atoms with Gasteiger partial charge in [0.05, 0.1) is 22.6 Å². The third-order valence-corrected chi connectivity index (χ3v) is 6.81. The van der Waals surface area contributed by atoms with Gasteiger partial charge in [-0.25, -0.2) is 4.98 Å². The predicted octanol–water partition coefficient (Wildman–Crippen LogP) is 7.00. The molecule has 1 atom stereocenters. The molecular formula is C30H41N3O2. The molecule has 1 aromatic heterocycles. The van der Waals surface area contributed by atoms with Gasteiger partial charge >= 0.3 is 0 Å². The molecule has 5 nitrogen and oxygen atoms in total. The molecule has 0 aliphatic rings. The number of carbonyl (C=O) groups excluding carboxylic acids is 1. The molecule has 3 rings (SSSR count). The molecule has 188 valence electrons. The number of amides is 1. The first kappa shape index (κ1) is 26.7. The molecule has 1 amide bonds. The first-order chi connectivity index (χ1) is 17.0. The lowest BCUT2D eigenvalue weighted by molar-refractivity contribution is -0.133. The number of para-hydroxylation sites is 1. The Labute approximate surface area is 210 Å². The van der Waals surface area contributed by atoms with Crippen LogP contribution in [-0.4, -0.2) is 26.9 Å². The molecule has 2 aromatic carbocycles. The van der Waals surface area contributed by atoms with Crippen LogP contribution in [-0.2, 0) is 11.2 Å². The van der Waals surface area contributed by atoms with Crippen LogP contribution in [0.2, 0.25) is 0 Å². The van der Waals surface area contributed by atoms with Crippen LogP contribution in [0, 0.1) is 0 Å². The molecule has 3 aromatic rings. The van der Waals surface area contributed by atoms with E-state index in [0.717, 1.165) is 57.1 Å². The lowest BCUT2D eigenvalue weighted by atomic mass is 10.1. The van der Waals surface area contributed by atoms with Crippen molar-refractivity contribution in [1.82, 2.24) is 14.5 Å². The lowest BCUT2D eigenvalue weighted by Crippen LogP contribution is -2.38. The van der Waals surface area contributed by atoms with Crippen LogP contribution in [0.25, 0.3) is 16.6 Å². The highest BCUT2D eigenvalue weighted by Gasteiger charge is 2.26. The van der Waals surface area contributed by atoms with E-state index < -0.39 is 0 Å². The summed E-state index contributed by atoms with van der Waals surface area (Å²) in [4.78, 5) is 34.0. The summed E-state index contributed by atoms with van der Waals surface area (Å²) in [5.41, 5.74) is 2.58. The fraction of sp³-hybridized carbons (Fsp3) is 0.500. The van der Waals surface area contributed by atoms with Gasteiger partial charge in [0.2, 0.25) is 5.91 Å². The minimum atomic E-state index is -0.311. The van der Waals surface area contributed by atoms with Crippen molar-refractivity contribution in [2.45, 2.75) is 91.5 Å². The van der Waals surface area contributed by atoms with Crippen LogP contribution < -0.4 is 5.56 Å². The van der Waals surface area contributed by atoms with Gasteiger partial charge in [-0.2, -0.15) is 0 Å². The second-order valence-electron chi connectivity index (χ2n) is 9.43. The fourth-order valence-corrected chi connectivity index (χ4v) is 4.61. The van der Waals surface area contributed by atoms with Crippen LogP contribution in [0.3, 0.4) is 0 Å². The van der Waals surface area contributed by atoms with E-state index in [4.69, 9.17) is 4.98 Å². The molecule has 35 heavy (non-hydrogen) atoms. The number of aromatic nitrogens is 2. The molecule has 0 saturated carbocycles. The molecule has 1 unspecified atom stereocenters. The zero-order chi connectivity index (χ0) is 25.2. The van der Waals surface area contributed by atoms with E-state index in [1.54, 1.807) is 4.57 Å². The third kappa shape index (κ3) is 6.59. The Morgan fingerprint density at radius 2 is 1.60 bits per heavy atom. The average Bonchev–Trinajstić information content (AvgIpc) is 2.88. The molecule has 0 fully saturated rings. The lowest BCUT2D eigenvalue weighted by Gasteiger charge is -2.31. The fourth-order valence-electron chi connectivity index (χ4n) is 4.61. The smallest absolute Gasteiger partial charge is 0.266 e. The molecule has 0 bridgehead atoms. The van der Waals surface area contributed by atoms with Crippen molar-refractivity contribution in [2.75, 3.05) is 6.54 Å². The van der Waals surface area contributed by atoms with E-state index in [-0.39, 0.29) is 17.5 Å². The van der Waals surface area contributed by atoms with Crippen molar-refractivity contribution in [3.63, 3.8) is 0 Å². The summed E-state index contributed by atoms with van der Waals surface area (Å²) in [5.74, 6) is 0.773. The minimum Gasteiger partial charge on any atom is -0.333 e.